The van der Waals surface area contributed by atoms with Gasteiger partial charge in [-0.2, -0.15) is 5.10 Å². The second-order valence-electron chi connectivity index (χ2n) is 6.32. The van der Waals surface area contributed by atoms with Gasteiger partial charge in [0.15, 0.2) is 0 Å². The van der Waals surface area contributed by atoms with Crippen molar-refractivity contribution in [1.82, 2.24) is 15.2 Å². The fourth-order valence-electron chi connectivity index (χ4n) is 4.73. The number of nitrogens with zero attached hydrogens (tertiary/aromatic N) is 2. The van der Waals surface area contributed by atoms with Crippen LogP contribution >= 0.6 is 11.8 Å². The van der Waals surface area contributed by atoms with E-state index in [0.717, 1.165) is 29.3 Å². The van der Waals surface area contributed by atoms with E-state index >= 15 is 0 Å². The first-order valence-electron chi connectivity index (χ1n) is 6.79. The van der Waals surface area contributed by atoms with E-state index < -0.39 is 0 Å². The number of aromatic amines is 1. The van der Waals surface area contributed by atoms with Crippen LogP contribution in [0.4, 0.5) is 0 Å². The van der Waals surface area contributed by atoms with Gasteiger partial charge >= 0.3 is 0 Å². The number of nitrogens with one attached hydrogen (secondary N) is 1. The molecule has 0 atom stereocenters. The third kappa shape index (κ3) is 1.81. The van der Waals surface area contributed by atoms with Crippen molar-refractivity contribution in [3.8, 4) is 0 Å². The molecule has 0 aromatic carbocycles. The van der Waals surface area contributed by atoms with Crippen LogP contribution in [0.2, 0.25) is 0 Å². The molecule has 5 rings (SSSR count). The first-order valence-corrected chi connectivity index (χ1v) is 7.78. The molecule has 4 bridgehead atoms. The molecule has 1 aromatic rings. The van der Waals surface area contributed by atoms with Gasteiger partial charge in [0.05, 0.1) is 5.75 Å². The largest absolute Gasteiger partial charge is 0.263 e. The van der Waals surface area contributed by atoms with Crippen molar-refractivity contribution in [2.24, 2.45) is 17.8 Å². The summed E-state index contributed by atoms with van der Waals surface area (Å²) in [7, 11) is 0. The maximum Gasteiger partial charge on any atom is 0.137 e. The van der Waals surface area contributed by atoms with Gasteiger partial charge < -0.3 is 0 Å². The normalized spacial score (nSPS) is 43.2. The zero-order valence-corrected chi connectivity index (χ0v) is 10.9. The number of aromatic nitrogens is 3. The zero-order chi connectivity index (χ0) is 11.3. The first-order chi connectivity index (χ1) is 8.31. The molecule has 4 fully saturated rings. The molecule has 1 aromatic heterocycles. The van der Waals surface area contributed by atoms with Crippen molar-refractivity contribution in [2.45, 2.75) is 49.0 Å². The first kappa shape index (κ1) is 10.4. The third-order valence-corrected chi connectivity index (χ3v) is 6.49. The lowest BCUT2D eigenvalue weighted by atomic mass is 9.56. The van der Waals surface area contributed by atoms with Crippen LogP contribution in [0, 0.1) is 17.8 Å². The van der Waals surface area contributed by atoms with Gasteiger partial charge in [0.25, 0.3) is 0 Å². The summed E-state index contributed by atoms with van der Waals surface area (Å²) in [6.45, 7) is 0. The van der Waals surface area contributed by atoms with Crippen LogP contribution in [0.1, 0.15) is 44.3 Å². The van der Waals surface area contributed by atoms with Crippen LogP contribution < -0.4 is 0 Å². The summed E-state index contributed by atoms with van der Waals surface area (Å²) in [5.74, 6) is 5.20. The van der Waals surface area contributed by atoms with Crippen molar-refractivity contribution >= 4 is 11.8 Å². The van der Waals surface area contributed by atoms with E-state index in [2.05, 4.69) is 26.9 Å². The quantitative estimate of drug-likeness (QED) is 0.895. The highest BCUT2D eigenvalue weighted by Gasteiger charge is 2.51. The number of hydrogen-bond donors (Lipinski definition) is 1. The highest BCUT2D eigenvalue weighted by Crippen LogP contribution is 2.60. The Morgan fingerprint density at radius 2 is 1.82 bits per heavy atom. The number of hydrogen-bond acceptors (Lipinski definition) is 3. The summed E-state index contributed by atoms with van der Waals surface area (Å²) in [5.41, 5.74) is 0. The fraction of sp³-hybridized carbons (Fsp3) is 0.846. The lowest BCUT2D eigenvalue weighted by Gasteiger charge is -2.56. The maximum atomic E-state index is 4.25. The Morgan fingerprint density at radius 1 is 1.18 bits per heavy atom. The number of rotatable bonds is 3. The van der Waals surface area contributed by atoms with Gasteiger partial charge in [-0.1, -0.05) is 0 Å². The van der Waals surface area contributed by atoms with Gasteiger partial charge in [0, 0.05) is 4.75 Å². The van der Waals surface area contributed by atoms with Crippen molar-refractivity contribution < 1.29 is 0 Å². The van der Waals surface area contributed by atoms with E-state index in [9.17, 15) is 0 Å². The summed E-state index contributed by atoms with van der Waals surface area (Å²) >= 11 is 2.16. The molecule has 4 heteroatoms. The Balaban J connectivity index is 1.49. The Hall–Kier alpha value is -0.510. The molecular formula is C13H19N3S. The molecule has 0 amide bonds. The average Bonchev–Trinajstić information content (AvgIpc) is 2.77. The second-order valence-corrected chi connectivity index (χ2v) is 7.76. The van der Waals surface area contributed by atoms with Gasteiger partial charge in [-0.3, -0.25) is 5.10 Å². The van der Waals surface area contributed by atoms with Crippen LogP contribution in [0.5, 0.6) is 0 Å². The van der Waals surface area contributed by atoms with Crippen molar-refractivity contribution in [3.05, 3.63) is 12.2 Å². The van der Waals surface area contributed by atoms with Crippen LogP contribution in [-0.4, -0.2) is 19.9 Å². The van der Waals surface area contributed by atoms with Gasteiger partial charge in [0.1, 0.15) is 12.2 Å². The fourth-order valence-corrected chi connectivity index (χ4v) is 6.37. The van der Waals surface area contributed by atoms with E-state index in [4.69, 9.17) is 0 Å². The topological polar surface area (TPSA) is 41.6 Å². The SMILES string of the molecule is c1n[nH]c(CSC23CC4CC(CC(C4)C2)C3)n1. The van der Waals surface area contributed by atoms with Gasteiger partial charge in [-0.25, -0.2) is 4.98 Å². The number of thioether (sulfide) groups is 1. The summed E-state index contributed by atoms with van der Waals surface area (Å²) in [6, 6.07) is 0. The highest BCUT2D eigenvalue weighted by atomic mass is 32.2. The maximum absolute atomic E-state index is 4.25. The lowest BCUT2D eigenvalue weighted by Crippen LogP contribution is -2.48. The molecule has 17 heavy (non-hydrogen) atoms. The van der Waals surface area contributed by atoms with Crippen molar-refractivity contribution in [2.75, 3.05) is 0 Å². The molecule has 92 valence electrons. The monoisotopic (exact) mass is 249 g/mol. The molecule has 3 nitrogen and oxygen atoms in total. The Labute approximate surface area is 106 Å². The van der Waals surface area contributed by atoms with E-state index in [1.54, 1.807) is 6.33 Å². The van der Waals surface area contributed by atoms with E-state index in [-0.39, 0.29) is 0 Å². The summed E-state index contributed by atoms with van der Waals surface area (Å²) < 4.78 is 0.599. The van der Waals surface area contributed by atoms with Crippen LogP contribution in [0.15, 0.2) is 6.33 Å². The lowest BCUT2D eigenvalue weighted by molar-refractivity contribution is 0.0383. The Kier molecular flexibility index (Phi) is 2.29. The average molecular weight is 249 g/mol. The van der Waals surface area contributed by atoms with Crippen molar-refractivity contribution in [1.29, 1.82) is 0 Å². The summed E-state index contributed by atoms with van der Waals surface area (Å²) in [4.78, 5) is 4.25. The van der Waals surface area contributed by atoms with Gasteiger partial charge in [-0.05, 0) is 56.3 Å². The number of H-pyrrole nitrogens is 1. The Bertz CT molecular complexity index is 366. The summed E-state index contributed by atoms with van der Waals surface area (Å²) in [5, 5.41) is 6.93. The minimum absolute atomic E-state index is 0.599. The Morgan fingerprint density at radius 3 is 2.35 bits per heavy atom. The minimum Gasteiger partial charge on any atom is -0.263 e. The molecule has 1 N–H and O–H groups in total. The molecule has 4 saturated carbocycles. The minimum atomic E-state index is 0.599. The molecule has 4 aliphatic rings. The van der Waals surface area contributed by atoms with Crippen LogP contribution in [-0.2, 0) is 5.75 Å². The van der Waals surface area contributed by atoms with E-state index in [1.165, 1.54) is 38.5 Å². The predicted molar refractivity (Wildman–Crippen MR) is 68.6 cm³/mol. The molecule has 0 aliphatic heterocycles. The molecule has 0 saturated heterocycles. The van der Waals surface area contributed by atoms with Gasteiger partial charge in [0.2, 0.25) is 0 Å². The third-order valence-electron chi connectivity index (χ3n) is 4.96. The van der Waals surface area contributed by atoms with Crippen molar-refractivity contribution in [3.63, 3.8) is 0 Å². The van der Waals surface area contributed by atoms with Crippen LogP contribution in [0.25, 0.3) is 0 Å². The highest BCUT2D eigenvalue weighted by molar-refractivity contribution is 7.99. The standard InChI is InChI=1S/C13H19N3S/c1-9-2-11-3-10(1)5-13(4-9,6-11)17-7-12-14-8-15-16-12/h8-11H,1-7H2,(H,14,15,16). The molecular weight excluding hydrogens is 230 g/mol. The molecule has 0 spiro atoms. The molecule has 0 radical (unpaired) electrons. The van der Waals surface area contributed by atoms with Gasteiger partial charge in [-0.15, -0.1) is 11.8 Å². The van der Waals surface area contributed by atoms with E-state index in [0.29, 0.717) is 4.75 Å². The predicted octanol–water partition coefficient (Wildman–Crippen LogP) is 3.01. The zero-order valence-electron chi connectivity index (χ0n) is 10.1. The molecule has 4 aliphatic carbocycles. The van der Waals surface area contributed by atoms with E-state index in [1.807, 2.05) is 0 Å². The second kappa shape index (κ2) is 3.74. The summed E-state index contributed by atoms with van der Waals surface area (Å²) in [6.07, 6.45) is 10.6. The van der Waals surface area contributed by atoms with Crippen LogP contribution in [0.3, 0.4) is 0 Å². The smallest absolute Gasteiger partial charge is 0.137 e. The molecule has 0 unspecified atom stereocenters. The molecule has 1 heterocycles.